The Bertz CT molecular complexity index is 1090. The van der Waals surface area contributed by atoms with Gasteiger partial charge >= 0.3 is 0 Å². The normalized spacial score (nSPS) is 13.4. The molecule has 1 aliphatic heterocycles. The summed E-state index contributed by atoms with van der Waals surface area (Å²) < 4.78 is 11.9. The van der Waals surface area contributed by atoms with Crippen LogP contribution in [0.1, 0.15) is 41.0 Å². The van der Waals surface area contributed by atoms with Crippen molar-refractivity contribution in [2.45, 2.75) is 32.1 Å². The Morgan fingerprint density at radius 2 is 1.81 bits per heavy atom. The van der Waals surface area contributed by atoms with E-state index in [0.717, 1.165) is 47.6 Å². The standard InChI is InChI=1S/C24H27N3O4S/c1-30-19-14-16(24(29)27-12-5-6-13-27)18(15-20(19)31-2)25-22(28)10-7-11-23-26-17-8-3-4-9-21(17)32-23/h3-4,8-9,14-15H,5-7,10-13H2,1-2H3,(H,25,28). The molecule has 8 heteroatoms. The number of methoxy groups -OCH3 is 2. The number of nitrogens with zero attached hydrogens (tertiary/aromatic N) is 2. The molecule has 1 aromatic heterocycles. The highest BCUT2D eigenvalue weighted by atomic mass is 32.1. The molecule has 0 bridgehead atoms. The first-order valence-electron chi connectivity index (χ1n) is 10.8. The lowest BCUT2D eigenvalue weighted by molar-refractivity contribution is -0.116. The van der Waals surface area contributed by atoms with E-state index in [2.05, 4.69) is 16.4 Å². The van der Waals surface area contributed by atoms with Gasteiger partial charge in [-0.05, 0) is 43.9 Å². The van der Waals surface area contributed by atoms with Crippen LogP contribution in [0, 0.1) is 0 Å². The van der Waals surface area contributed by atoms with Crippen molar-refractivity contribution in [3.8, 4) is 11.5 Å². The quantitative estimate of drug-likeness (QED) is 0.543. The highest BCUT2D eigenvalue weighted by molar-refractivity contribution is 7.18. The predicted molar refractivity (Wildman–Crippen MR) is 126 cm³/mol. The predicted octanol–water partition coefficient (Wildman–Crippen LogP) is 4.51. The molecule has 2 heterocycles. The van der Waals surface area contributed by atoms with Gasteiger partial charge in [-0.3, -0.25) is 9.59 Å². The van der Waals surface area contributed by atoms with Gasteiger partial charge in [-0.1, -0.05) is 12.1 Å². The van der Waals surface area contributed by atoms with Crippen LogP contribution in [0.4, 0.5) is 5.69 Å². The third-order valence-electron chi connectivity index (χ3n) is 5.55. The SMILES string of the molecule is COc1cc(NC(=O)CCCc2nc3ccccc3s2)c(C(=O)N2CCCC2)cc1OC. The molecular formula is C24H27N3O4S. The lowest BCUT2D eigenvalue weighted by Crippen LogP contribution is -2.29. The van der Waals surface area contributed by atoms with E-state index < -0.39 is 0 Å². The number of carbonyl (C=O) groups is 2. The third-order valence-corrected chi connectivity index (χ3v) is 6.65. The number of carbonyl (C=O) groups excluding carboxylic acids is 2. The van der Waals surface area contributed by atoms with E-state index in [-0.39, 0.29) is 11.8 Å². The summed E-state index contributed by atoms with van der Waals surface area (Å²) >= 11 is 1.66. The number of hydrogen-bond donors (Lipinski definition) is 1. The smallest absolute Gasteiger partial charge is 0.256 e. The van der Waals surface area contributed by atoms with Crippen LogP contribution in [0.3, 0.4) is 0 Å². The summed E-state index contributed by atoms with van der Waals surface area (Å²) in [5.41, 5.74) is 1.86. The van der Waals surface area contributed by atoms with Crippen LogP contribution >= 0.6 is 11.3 Å². The van der Waals surface area contributed by atoms with Crippen molar-refractivity contribution >= 4 is 39.1 Å². The number of ether oxygens (including phenoxy) is 2. The zero-order valence-corrected chi connectivity index (χ0v) is 19.2. The Kier molecular flexibility index (Phi) is 6.90. The Balaban J connectivity index is 1.45. The summed E-state index contributed by atoms with van der Waals surface area (Å²) in [4.78, 5) is 32.2. The molecule has 0 unspecified atom stereocenters. The molecule has 168 valence electrons. The van der Waals surface area contributed by atoms with E-state index >= 15 is 0 Å². The van der Waals surface area contributed by atoms with Crippen LogP contribution in [0.25, 0.3) is 10.2 Å². The summed E-state index contributed by atoms with van der Waals surface area (Å²) in [5, 5.41) is 3.94. The number of thiazole rings is 1. The first-order chi connectivity index (χ1) is 15.6. The molecule has 0 saturated carbocycles. The van der Waals surface area contributed by atoms with E-state index in [1.807, 2.05) is 23.1 Å². The highest BCUT2D eigenvalue weighted by Gasteiger charge is 2.25. The molecule has 4 rings (SSSR count). The van der Waals surface area contributed by atoms with Crippen LogP contribution in [0.5, 0.6) is 11.5 Å². The van der Waals surface area contributed by atoms with Gasteiger partial charge in [-0.15, -0.1) is 11.3 Å². The van der Waals surface area contributed by atoms with Gasteiger partial charge < -0.3 is 19.7 Å². The topological polar surface area (TPSA) is 80.8 Å². The lowest BCUT2D eigenvalue weighted by Gasteiger charge is -2.20. The van der Waals surface area contributed by atoms with Crippen molar-refractivity contribution in [3.05, 3.63) is 47.0 Å². The first-order valence-corrected chi connectivity index (χ1v) is 11.6. The molecule has 0 atom stereocenters. The molecule has 0 radical (unpaired) electrons. The average Bonchev–Trinajstić information content (AvgIpc) is 3.48. The summed E-state index contributed by atoms with van der Waals surface area (Å²) in [7, 11) is 3.06. The maximum Gasteiger partial charge on any atom is 0.256 e. The molecule has 2 aromatic carbocycles. The lowest BCUT2D eigenvalue weighted by atomic mass is 10.1. The number of rotatable bonds is 8. The Morgan fingerprint density at radius 1 is 1.09 bits per heavy atom. The Morgan fingerprint density at radius 3 is 2.53 bits per heavy atom. The van der Waals surface area contributed by atoms with E-state index in [1.165, 1.54) is 14.2 Å². The van der Waals surface area contributed by atoms with Gasteiger partial charge in [0.15, 0.2) is 11.5 Å². The van der Waals surface area contributed by atoms with Crippen molar-refractivity contribution in [3.63, 3.8) is 0 Å². The number of hydrogen-bond acceptors (Lipinski definition) is 6. The van der Waals surface area contributed by atoms with Crippen molar-refractivity contribution in [1.82, 2.24) is 9.88 Å². The van der Waals surface area contributed by atoms with Crippen LogP contribution < -0.4 is 14.8 Å². The van der Waals surface area contributed by atoms with E-state index in [4.69, 9.17) is 9.47 Å². The minimum atomic E-state index is -0.145. The zero-order valence-electron chi connectivity index (χ0n) is 18.3. The van der Waals surface area contributed by atoms with Crippen LogP contribution in [0.2, 0.25) is 0 Å². The Hall–Kier alpha value is -3.13. The summed E-state index contributed by atoms with van der Waals surface area (Å²) in [6.45, 7) is 1.45. The fourth-order valence-electron chi connectivity index (χ4n) is 3.89. The first kappa shape index (κ1) is 22.1. The average molecular weight is 454 g/mol. The summed E-state index contributed by atoms with van der Waals surface area (Å²) in [6.07, 6.45) is 3.73. The Labute approximate surface area is 191 Å². The fraction of sp³-hybridized carbons (Fsp3) is 0.375. The zero-order chi connectivity index (χ0) is 22.5. The van der Waals surface area contributed by atoms with Crippen LogP contribution in [-0.4, -0.2) is 49.0 Å². The summed E-state index contributed by atoms with van der Waals surface area (Å²) in [6, 6.07) is 11.3. The molecule has 2 amide bonds. The van der Waals surface area contributed by atoms with Gasteiger partial charge in [0.1, 0.15) is 0 Å². The number of aryl methyl sites for hydroxylation is 1. The van der Waals surface area contributed by atoms with Crippen molar-refractivity contribution in [2.75, 3.05) is 32.6 Å². The number of benzene rings is 2. The largest absolute Gasteiger partial charge is 0.493 e. The number of nitrogens with one attached hydrogen (secondary N) is 1. The minimum Gasteiger partial charge on any atom is -0.493 e. The van der Waals surface area contributed by atoms with Gasteiger partial charge in [0.2, 0.25) is 5.91 Å². The van der Waals surface area contributed by atoms with E-state index in [0.29, 0.717) is 35.6 Å². The number of anilines is 1. The molecule has 1 aliphatic rings. The van der Waals surface area contributed by atoms with E-state index in [1.54, 1.807) is 23.5 Å². The second kappa shape index (κ2) is 9.99. The number of fused-ring (bicyclic) bond motifs is 1. The minimum absolute atomic E-state index is 0.103. The molecule has 0 aliphatic carbocycles. The fourth-order valence-corrected chi connectivity index (χ4v) is 4.90. The second-order valence-corrected chi connectivity index (χ2v) is 8.84. The maximum atomic E-state index is 13.1. The third kappa shape index (κ3) is 4.85. The van der Waals surface area contributed by atoms with Gasteiger partial charge in [0, 0.05) is 25.6 Å². The maximum absolute atomic E-state index is 13.1. The molecule has 1 N–H and O–H groups in total. The molecule has 0 spiro atoms. The van der Waals surface area contributed by atoms with Crippen molar-refractivity contribution in [1.29, 1.82) is 0 Å². The van der Waals surface area contributed by atoms with Gasteiger partial charge in [0.25, 0.3) is 5.91 Å². The number of aromatic nitrogens is 1. The molecule has 1 fully saturated rings. The molecule has 1 saturated heterocycles. The van der Waals surface area contributed by atoms with E-state index in [9.17, 15) is 9.59 Å². The number of amides is 2. The summed E-state index contributed by atoms with van der Waals surface area (Å²) in [5.74, 6) is 0.682. The number of para-hydroxylation sites is 1. The van der Waals surface area contributed by atoms with Gasteiger partial charge in [-0.2, -0.15) is 0 Å². The van der Waals surface area contributed by atoms with Gasteiger partial charge in [0.05, 0.1) is 40.7 Å². The molecular weight excluding hydrogens is 426 g/mol. The number of likely N-dealkylation sites (tertiary alicyclic amines) is 1. The second-order valence-electron chi connectivity index (χ2n) is 7.73. The molecule has 32 heavy (non-hydrogen) atoms. The van der Waals surface area contributed by atoms with Crippen molar-refractivity contribution in [2.24, 2.45) is 0 Å². The highest BCUT2D eigenvalue weighted by Crippen LogP contribution is 2.34. The van der Waals surface area contributed by atoms with Crippen LogP contribution in [-0.2, 0) is 11.2 Å². The van der Waals surface area contributed by atoms with Gasteiger partial charge in [-0.25, -0.2) is 4.98 Å². The van der Waals surface area contributed by atoms with Crippen molar-refractivity contribution < 1.29 is 19.1 Å². The van der Waals surface area contributed by atoms with Crippen LogP contribution in [0.15, 0.2) is 36.4 Å². The monoisotopic (exact) mass is 453 g/mol. The molecule has 3 aromatic rings. The molecule has 7 nitrogen and oxygen atoms in total.